The fourth-order valence-electron chi connectivity index (χ4n) is 2.69. The first-order valence-corrected chi connectivity index (χ1v) is 8.26. The summed E-state index contributed by atoms with van der Waals surface area (Å²) in [6, 6.07) is 9.22. The average molecular weight is 365 g/mol. The van der Waals surface area contributed by atoms with Crippen molar-refractivity contribution in [3.63, 3.8) is 0 Å². The summed E-state index contributed by atoms with van der Waals surface area (Å²) >= 11 is 0. The molecular formula is C20H22F3NO2. The second kappa shape index (κ2) is 7.81. The Hall–Kier alpha value is -2.50. The van der Waals surface area contributed by atoms with E-state index in [0.29, 0.717) is 22.4 Å². The summed E-state index contributed by atoms with van der Waals surface area (Å²) in [5.74, 6) is 0.516. The van der Waals surface area contributed by atoms with Gasteiger partial charge in [-0.15, -0.1) is 0 Å². The minimum absolute atomic E-state index is 0.00362. The van der Waals surface area contributed by atoms with Crippen molar-refractivity contribution in [1.29, 1.82) is 0 Å². The van der Waals surface area contributed by atoms with Gasteiger partial charge in [0.15, 0.2) is 0 Å². The van der Waals surface area contributed by atoms with Crippen LogP contribution in [-0.2, 0) is 17.5 Å². The SMILES string of the molecule is COc1ccc(C(C)C)cc1-c1ccc(C(F)(F)F)cc1CNC(C)=O. The Kier molecular flexibility index (Phi) is 5.95. The Morgan fingerprint density at radius 1 is 1.12 bits per heavy atom. The number of hydrogen-bond donors (Lipinski definition) is 1. The Balaban J connectivity index is 2.63. The van der Waals surface area contributed by atoms with Crippen LogP contribution in [0.5, 0.6) is 5.75 Å². The molecule has 0 saturated heterocycles. The molecule has 2 aromatic rings. The molecule has 0 atom stereocenters. The number of carbonyl (C=O) groups is 1. The number of benzene rings is 2. The number of methoxy groups -OCH3 is 1. The highest BCUT2D eigenvalue weighted by atomic mass is 19.4. The van der Waals surface area contributed by atoms with Crippen LogP contribution >= 0.6 is 0 Å². The number of carbonyl (C=O) groups excluding carboxylic acids is 1. The first kappa shape index (κ1) is 19.8. The molecule has 0 bridgehead atoms. The molecule has 0 aliphatic carbocycles. The Bertz CT molecular complexity index is 798. The van der Waals surface area contributed by atoms with E-state index in [1.165, 1.54) is 20.1 Å². The predicted octanol–water partition coefficient (Wildman–Crippen LogP) is 5.14. The number of ether oxygens (including phenoxy) is 1. The average Bonchev–Trinajstić information content (AvgIpc) is 2.58. The highest BCUT2D eigenvalue weighted by Crippen LogP contribution is 2.38. The van der Waals surface area contributed by atoms with Crippen molar-refractivity contribution in [2.75, 3.05) is 7.11 Å². The van der Waals surface area contributed by atoms with Gasteiger partial charge in [0.25, 0.3) is 0 Å². The largest absolute Gasteiger partial charge is 0.496 e. The van der Waals surface area contributed by atoms with Crippen LogP contribution in [0.4, 0.5) is 13.2 Å². The van der Waals surface area contributed by atoms with Gasteiger partial charge in [0.2, 0.25) is 5.91 Å². The summed E-state index contributed by atoms with van der Waals surface area (Å²) in [5, 5.41) is 2.58. The molecule has 0 saturated carbocycles. The quantitative estimate of drug-likeness (QED) is 0.797. The maximum absolute atomic E-state index is 13.1. The summed E-state index contributed by atoms with van der Waals surface area (Å²) in [7, 11) is 1.52. The predicted molar refractivity (Wildman–Crippen MR) is 95.0 cm³/mol. The number of hydrogen-bond acceptors (Lipinski definition) is 2. The van der Waals surface area contributed by atoms with Gasteiger partial charge >= 0.3 is 6.18 Å². The molecule has 26 heavy (non-hydrogen) atoms. The van der Waals surface area contributed by atoms with E-state index >= 15 is 0 Å². The van der Waals surface area contributed by atoms with Crippen molar-refractivity contribution in [2.24, 2.45) is 0 Å². The fourth-order valence-corrected chi connectivity index (χ4v) is 2.69. The van der Waals surface area contributed by atoms with Crippen molar-refractivity contribution >= 4 is 5.91 Å². The van der Waals surface area contributed by atoms with Gasteiger partial charge in [0.1, 0.15) is 5.75 Å². The van der Waals surface area contributed by atoms with Crippen molar-refractivity contribution in [3.8, 4) is 16.9 Å². The summed E-state index contributed by atoms with van der Waals surface area (Å²) < 4.78 is 44.7. The summed E-state index contributed by atoms with van der Waals surface area (Å²) in [6.45, 7) is 5.41. The molecule has 0 aromatic heterocycles. The van der Waals surface area contributed by atoms with E-state index < -0.39 is 11.7 Å². The lowest BCUT2D eigenvalue weighted by Crippen LogP contribution is -2.20. The van der Waals surface area contributed by atoms with Crippen LogP contribution in [0.3, 0.4) is 0 Å². The third-order valence-corrected chi connectivity index (χ3v) is 4.14. The molecule has 1 amide bonds. The summed E-state index contributed by atoms with van der Waals surface area (Å²) in [5.41, 5.74) is 1.99. The lowest BCUT2D eigenvalue weighted by atomic mass is 9.92. The zero-order valence-corrected chi connectivity index (χ0v) is 15.2. The molecule has 2 rings (SSSR count). The normalized spacial score (nSPS) is 11.5. The maximum atomic E-state index is 13.1. The minimum atomic E-state index is -4.45. The van der Waals surface area contributed by atoms with E-state index in [1.807, 2.05) is 32.0 Å². The molecule has 0 heterocycles. The third-order valence-electron chi connectivity index (χ3n) is 4.14. The van der Waals surface area contributed by atoms with Gasteiger partial charge in [-0.05, 0) is 46.9 Å². The molecule has 0 fully saturated rings. The lowest BCUT2D eigenvalue weighted by Gasteiger charge is -2.18. The van der Waals surface area contributed by atoms with Gasteiger partial charge in [-0.3, -0.25) is 4.79 Å². The van der Waals surface area contributed by atoms with Crippen LogP contribution in [0.15, 0.2) is 36.4 Å². The zero-order chi connectivity index (χ0) is 19.5. The van der Waals surface area contributed by atoms with Crippen molar-refractivity contribution in [2.45, 2.75) is 39.4 Å². The van der Waals surface area contributed by atoms with Gasteiger partial charge in [-0.25, -0.2) is 0 Å². The standard InChI is InChI=1S/C20H22F3NO2/c1-12(2)14-5-8-19(26-4)18(10-14)17-7-6-16(20(21,22)23)9-15(17)11-24-13(3)25/h5-10,12H,11H2,1-4H3,(H,24,25). The molecule has 140 valence electrons. The molecule has 0 unspecified atom stereocenters. The van der Waals surface area contributed by atoms with Crippen molar-refractivity contribution in [3.05, 3.63) is 53.1 Å². The third kappa shape index (κ3) is 4.56. The monoisotopic (exact) mass is 365 g/mol. The lowest BCUT2D eigenvalue weighted by molar-refractivity contribution is -0.137. The highest BCUT2D eigenvalue weighted by molar-refractivity contribution is 5.76. The van der Waals surface area contributed by atoms with E-state index in [9.17, 15) is 18.0 Å². The number of alkyl halides is 3. The first-order valence-electron chi connectivity index (χ1n) is 8.26. The topological polar surface area (TPSA) is 38.3 Å². The van der Waals surface area contributed by atoms with Crippen LogP contribution in [0.1, 0.15) is 43.4 Å². The van der Waals surface area contributed by atoms with E-state index in [-0.39, 0.29) is 18.4 Å². The second-order valence-corrected chi connectivity index (χ2v) is 6.39. The number of nitrogens with one attached hydrogen (secondary N) is 1. The van der Waals surface area contributed by atoms with Crippen LogP contribution in [0, 0.1) is 0 Å². The number of rotatable bonds is 5. The molecule has 0 spiro atoms. The van der Waals surface area contributed by atoms with Gasteiger partial charge in [0, 0.05) is 19.0 Å². The molecule has 6 heteroatoms. The molecule has 0 aliphatic rings. The molecule has 0 aliphatic heterocycles. The minimum Gasteiger partial charge on any atom is -0.496 e. The van der Waals surface area contributed by atoms with Gasteiger partial charge in [0.05, 0.1) is 12.7 Å². The van der Waals surface area contributed by atoms with E-state index in [2.05, 4.69) is 5.32 Å². The highest BCUT2D eigenvalue weighted by Gasteiger charge is 2.31. The summed E-state index contributed by atoms with van der Waals surface area (Å²) in [4.78, 5) is 11.3. The molecular weight excluding hydrogens is 343 g/mol. The smallest absolute Gasteiger partial charge is 0.416 e. The molecule has 2 aromatic carbocycles. The Morgan fingerprint density at radius 2 is 1.81 bits per heavy atom. The molecule has 1 N–H and O–H groups in total. The van der Waals surface area contributed by atoms with Gasteiger partial charge < -0.3 is 10.1 Å². The van der Waals surface area contributed by atoms with Gasteiger partial charge in [-0.2, -0.15) is 13.2 Å². The van der Waals surface area contributed by atoms with Crippen LogP contribution in [-0.4, -0.2) is 13.0 Å². The fraction of sp³-hybridized carbons (Fsp3) is 0.350. The van der Waals surface area contributed by atoms with Crippen molar-refractivity contribution in [1.82, 2.24) is 5.32 Å². The van der Waals surface area contributed by atoms with E-state index in [4.69, 9.17) is 4.74 Å². The number of amides is 1. The number of halogens is 3. The zero-order valence-electron chi connectivity index (χ0n) is 15.2. The van der Waals surface area contributed by atoms with E-state index in [0.717, 1.165) is 17.7 Å². The van der Waals surface area contributed by atoms with E-state index in [1.54, 1.807) is 0 Å². The van der Waals surface area contributed by atoms with Crippen LogP contribution in [0.2, 0.25) is 0 Å². The summed E-state index contributed by atoms with van der Waals surface area (Å²) in [6.07, 6.45) is -4.45. The Labute approximate surface area is 151 Å². The molecule has 0 radical (unpaired) electrons. The second-order valence-electron chi connectivity index (χ2n) is 6.39. The molecule has 3 nitrogen and oxygen atoms in total. The van der Waals surface area contributed by atoms with Crippen LogP contribution in [0.25, 0.3) is 11.1 Å². The van der Waals surface area contributed by atoms with Crippen LogP contribution < -0.4 is 10.1 Å². The van der Waals surface area contributed by atoms with Gasteiger partial charge in [-0.1, -0.05) is 26.0 Å². The maximum Gasteiger partial charge on any atom is 0.416 e. The Morgan fingerprint density at radius 3 is 2.35 bits per heavy atom. The first-order chi connectivity index (χ1) is 12.1. The van der Waals surface area contributed by atoms with Crippen molar-refractivity contribution < 1.29 is 22.7 Å².